The Bertz CT molecular complexity index is 408. The number of hydrogen-bond donors (Lipinski definition) is 1. The van der Waals surface area contributed by atoms with Gasteiger partial charge in [0.25, 0.3) is 0 Å². The van der Waals surface area contributed by atoms with Gasteiger partial charge in [-0.25, -0.2) is 0 Å². The second-order valence-corrected chi connectivity index (χ2v) is 6.29. The van der Waals surface area contributed by atoms with Crippen LogP contribution >= 0.6 is 0 Å². The molecule has 1 fully saturated rings. The van der Waals surface area contributed by atoms with E-state index in [2.05, 4.69) is 49.9 Å². The number of aryl methyl sites for hydroxylation is 1. The van der Waals surface area contributed by atoms with Crippen molar-refractivity contribution in [3.8, 4) is 0 Å². The van der Waals surface area contributed by atoms with Crippen LogP contribution in [0.25, 0.3) is 0 Å². The van der Waals surface area contributed by atoms with Crippen LogP contribution in [0.1, 0.15) is 51.2 Å². The van der Waals surface area contributed by atoms with E-state index in [1.54, 1.807) is 0 Å². The van der Waals surface area contributed by atoms with E-state index in [-0.39, 0.29) is 11.6 Å². The van der Waals surface area contributed by atoms with Gasteiger partial charge in [0.2, 0.25) is 0 Å². The van der Waals surface area contributed by atoms with Gasteiger partial charge in [0.05, 0.1) is 6.10 Å². The third-order valence-electron chi connectivity index (χ3n) is 5.12. The summed E-state index contributed by atoms with van der Waals surface area (Å²) in [6.45, 7) is 8.86. The van der Waals surface area contributed by atoms with Crippen molar-refractivity contribution < 1.29 is 5.11 Å². The standard InChI is InChI=1S/C18H29NO/c1-4-15-8-10-16(11-9-15)14-17(20)18(3,5-2)19-12-6-7-13-19/h8-11,17,20H,4-7,12-14H2,1-3H3. The van der Waals surface area contributed by atoms with Crippen LogP contribution in [0.2, 0.25) is 0 Å². The molecule has 2 unspecified atom stereocenters. The van der Waals surface area contributed by atoms with E-state index < -0.39 is 0 Å². The van der Waals surface area contributed by atoms with Gasteiger partial charge in [-0.1, -0.05) is 38.1 Å². The minimum absolute atomic E-state index is 0.0834. The summed E-state index contributed by atoms with van der Waals surface area (Å²) in [5.41, 5.74) is 2.52. The zero-order valence-electron chi connectivity index (χ0n) is 13.2. The number of aliphatic hydroxyl groups is 1. The number of likely N-dealkylation sites (tertiary alicyclic amines) is 1. The molecule has 1 aromatic carbocycles. The molecule has 1 aromatic rings. The first kappa shape index (κ1) is 15.5. The van der Waals surface area contributed by atoms with Crippen molar-refractivity contribution in [2.45, 2.75) is 64.5 Å². The molecule has 1 heterocycles. The molecule has 0 bridgehead atoms. The molecule has 0 amide bonds. The fraction of sp³-hybridized carbons (Fsp3) is 0.667. The first-order chi connectivity index (χ1) is 9.60. The Kier molecular flexibility index (Phi) is 5.22. The average Bonchev–Trinajstić information content (AvgIpc) is 3.01. The molecule has 0 spiro atoms. The van der Waals surface area contributed by atoms with E-state index in [9.17, 15) is 5.11 Å². The van der Waals surface area contributed by atoms with E-state index in [0.29, 0.717) is 0 Å². The number of benzene rings is 1. The SMILES string of the molecule is CCc1ccc(CC(O)C(C)(CC)N2CCCC2)cc1. The van der Waals surface area contributed by atoms with Gasteiger partial charge in [-0.2, -0.15) is 0 Å². The summed E-state index contributed by atoms with van der Waals surface area (Å²) < 4.78 is 0. The van der Waals surface area contributed by atoms with Crippen LogP contribution < -0.4 is 0 Å². The molecule has 2 nitrogen and oxygen atoms in total. The van der Waals surface area contributed by atoms with Gasteiger partial charge in [-0.15, -0.1) is 0 Å². The molecule has 20 heavy (non-hydrogen) atoms. The fourth-order valence-electron chi connectivity index (χ4n) is 3.25. The number of rotatable bonds is 6. The maximum Gasteiger partial charge on any atom is 0.0761 e. The van der Waals surface area contributed by atoms with Crippen LogP contribution in [-0.4, -0.2) is 34.7 Å². The Labute approximate surface area is 123 Å². The highest BCUT2D eigenvalue weighted by Gasteiger charge is 2.38. The minimum atomic E-state index is -0.293. The Hall–Kier alpha value is -0.860. The molecule has 2 rings (SSSR count). The van der Waals surface area contributed by atoms with Crippen molar-refractivity contribution in [2.24, 2.45) is 0 Å². The first-order valence-corrected chi connectivity index (χ1v) is 8.11. The second kappa shape index (κ2) is 6.73. The molecule has 0 aromatic heterocycles. The predicted molar refractivity (Wildman–Crippen MR) is 85.0 cm³/mol. The van der Waals surface area contributed by atoms with Crippen molar-refractivity contribution in [1.29, 1.82) is 0 Å². The number of nitrogens with zero attached hydrogens (tertiary/aromatic N) is 1. The van der Waals surface area contributed by atoms with Crippen LogP contribution in [0.3, 0.4) is 0 Å². The van der Waals surface area contributed by atoms with Gasteiger partial charge in [-0.3, -0.25) is 4.90 Å². The maximum absolute atomic E-state index is 10.8. The van der Waals surface area contributed by atoms with Gasteiger partial charge in [0.15, 0.2) is 0 Å². The Morgan fingerprint density at radius 3 is 2.15 bits per heavy atom. The van der Waals surface area contributed by atoms with Gasteiger partial charge in [0, 0.05) is 12.0 Å². The molecule has 1 aliphatic heterocycles. The quantitative estimate of drug-likeness (QED) is 0.860. The zero-order chi connectivity index (χ0) is 14.6. The molecule has 1 aliphatic rings. The lowest BCUT2D eigenvalue weighted by atomic mass is 9.86. The highest BCUT2D eigenvalue weighted by Crippen LogP contribution is 2.29. The molecule has 1 N–H and O–H groups in total. The fourth-order valence-corrected chi connectivity index (χ4v) is 3.25. The van der Waals surface area contributed by atoms with Crippen LogP contribution in [0.15, 0.2) is 24.3 Å². The lowest BCUT2D eigenvalue weighted by Gasteiger charge is -2.42. The lowest BCUT2D eigenvalue weighted by molar-refractivity contribution is -0.0117. The van der Waals surface area contributed by atoms with Crippen LogP contribution in [0.4, 0.5) is 0 Å². The lowest BCUT2D eigenvalue weighted by Crippen LogP contribution is -2.53. The monoisotopic (exact) mass is 275 g/mol. The summed E-state index contributed by atoms with van der Waals surface area (Å²) in [4.78, 5) is 2.48. The average molecular weight is 275 g/mol. The van der Waals surface area contributed by atoms with Crippen molar-refractivity contribution in [2.75, 3.05) is 13.1 Å². The smallest absolute Gasteiger partial charge is 0.0761 e. The predicted octanol–water partition coefficient (Wildman–Crippen LogP) is 3.42. The highest BCUT2D eigenvalue weighted by molar-refractivity contribution is 5.23. The Balaban J connectivity index is 2.05. The van der Waals surface area contributed by atoms with Crippen LogP contribution in [0, 0.1) is 0 Å². The summed E-state index contributed by atoms with van der Waals surface area (Å²) in [5, 5.41) is 10.8. The Morgan fingerprint density at radius 2 is 1.65 bits per heavy atom. The second-order valence-electron chi connectivity index (χ2n) is 6.29. The molecule has 112 valence electrons. The van der Waals surface area contributed by atoms with Gasteiger partial charge < -0.3 is 5.11 Å². The van der Waals surface area contributed by atoms with Crippen LogP contribution in [0.5, 0.6) is 0 Å². The topological polar surface area (TPSA) is 23.5 Å². The summed E-state index contributed by atoms with van der Waals surface area (Å²) in [6, 6.07) is 8.70. The third-order valence-corrected chi connectivity index (χ3v) is 5.12. The Morgan fingerprint density at radius 1 is 1.10 bits per heavy atom. The van der Waals surface area contributed by atoms with Crippen LogP contribution in [-0.2, 0) is 12.8 Å². The normalized spacial score (nSPS) is 20.8. The number of hydrogen-bond acceptors (Lipinski definition) is 2. The molecular formula is C18H29NO. The summed E-state index contributed by atoms with van der Waals surface area (Å²) in [6.07, 6.45) is 5.08. The minimum Gasteiger partial charge on any atom is -0.391 e. The van der Waals surface area contributed by atoms with E-state index in [0.717, 1.165) is 32.4 Å². The van der Waals surface area contributed by atoms with E-state index in [1.165, 1.54) is 24.0 Å². The largest absolute Gasteiger partial charge is 0.391 e. The third kappa shape index (κ3) is 3.24. The van der Waals surface area contributed by atoms with E-state index in [4.69, 9.17) is 0 Å². The summed E-state index contributed by atoms with van der Waals surface area (Å²) in [7, 11) is 0. The summed E-state index contributed by atoms with van der Waals surface area (Å²) >= 11 is 0. The molecular weight excluding hydrogens is 246 g/mol. The van der Waals surface area contributed by atoms with E-state index in [1.807, 2.05) is 0 Å². The van der Waals surface area contributed by atoms with E-state index >= 15 is 0 Å². The van der Waals surface area contributed by atoms with Crippen molar-refractivity contribution in [3.05, 3.63) is 35.4 Å². The molecule has 2 atom stereocenters. The van der Waals surface area contributed by atoms with Crippen molar-refractivity contribution in [1.82, 2.24) is 4.90 Å². The molecule has 2 heteroatoms. The van der Waals surface area contributed by atoms with Gasteiger partial charge >= 0.3 is 0 Å². The van der Waals surface area contributed by atoms with Gasteiger partial charge in [-0.05, 0) is 56.8 Å². The first-order valence-electron chi connectivity index (χ1n) is 8.11. The molecule has 0 radical (unpaired) electrons. The molecule has 0 saturated carbocycles. The molecule has 1 saturated heterocycles. The zero-order valence-corrected chi connectivity index (χ0v) is 13.2. The highest BCUT2D eigenvalue weighted by atomic mass is 16.3. The van der Waals surface area contributed by atoms with Crippen molar-refractivity contribution in [3.63, 3.8) is 0 Å². The molecule has 0 aliphatic carbocycles. The maximum atomic E-state index is 10.8. The van der Waals surface area contributed by atoms with Gasteiger partial charge in [0.1, 0.15) is 0 Å². The van der Waals surface area contributed by atoms with Crippen molar-refractivity contribution >= 4 is 0 Å². The summed E-state index contributed by atoms with van der Waals surface area (Å²) in [5.74, 6) is 0. The number of aliphatic hydroxyl groups excluding tert-OH is 1.